The van der Waals surface area contributed by atoms with E-state index in [2.05, 4.69) is 5.32 Å². The van der Waals surface area contributed by atoms with E-state index >= 15 is 0 Å². The van der Waals surface area contributed by atoms with Crippen molar-refractivity contribution in [3.63, 3.8) is 0 Å². The summed E-state index contributed by atoms with van der Waals surface area (Å²) in [6, 6.07) is 11.9. The quantitative estimate of drug-likeness (QED) is 0.447. The second-order valence-corrected chi connectivity index (χ2v) is 6.19. The van der Waals surface area contributed by atoms with Crippen molar-refractivity contribution < 1.29 is 27.9 Å². The molecule has 0 heterocycles. The minimum absolute atomic E-state index is 0.139. The van der Waals surface area contributed by atoms with Gasteiger partial charge in [-0.3, -0.25) is 9.59 Å². The van der Waals surface area contributed by atoms with E-state index in [1.807, 2.05) is 0 Å². The van der Waals surface area contributed by atoms with Gasteiger partial charge in [-0.2, -0.15) is 8.78 Å². The maximum absolute atomic E-state index is 12.3. The number of carbonyl (C=O) groups excluding carboxylic acids is 3. The predicted molar refractivity (Wildman–Crippen MR) is 93.7 cm³/mol. The Morgan fingerprint density at radius 2 is 1.73 bits per heavy atom. The molecule has 26 heavy (non-hydrogen) atoms. The molecule has 0 aliphatic rings. The van der Waals surface area contributed by atoms with Gasteiger partial charge in [0.15, 0.2) is 12.4 Å². The van der Waals surface area contributed by atoms with Gasteiger partial charge in [-0.1, -0.05) is 23.9 Å². The van der Waals surface area contributed by atoms with Gasteiger partial charge < -0.3 is 10.1 Å². The number of nitrogens with one attached hydrogen (secondary N) is 1. The molecule has 0 aromatic heterocycles. The van der Waals surface area contributed by atoms with Gasteiger partial charge in [0, 0.05) is 10.5 Å². The average molecular weight is 379 g/mol. The van der Waals surface area contributed by atoms with E-state index in [0.29, 0.717) is 27.9 Å². The third-order valence-electron chi connectivity index (χ3n) is 3.23. The number of thioether (sulfide) groups is 1. The molecule has 0 aliphatic carbocycles. The SMILES string of the molecule is CC(=O)c1ccccc1NC(=O)COC(=O)c1ccc(SC(F)F)cc1. The highest BCUT2D eigenvalue weighted by Gasteiger charge is 2.13. The van der Waals surface area contributed by atoms with Crippen LogP contribution in [0.4, 0.5) is 14.5 Å². The number of rotatable bonds is 7. The number of anilines is 1. The molecule has 0 spiro atoms. The molecule has 0 saturated carbocycles. The minimum atomic E-state index is -2.55. The summed E-state index contributed by atoms with van der Waals surface area (Å²) in [7, 11) is 0. The van der Waals surface area contributed by atoms with Crippen molar-refractivity contribution in [2.24, 2.45) is 0 Å². The minimum Gasteiger partial charge on any atom is -0.452 e. The zero-order valence-electron chi connectivity index (χ0n) is 13.7. The number of ketones is 1. The molecule has 2 aromatic rings. The van der Waals surface area contributed by atoms with Crippen LogP contribution in [0.15, 0.2) is 53.4 Å². The lowest BCUT2D eigenvalue weighted by molar-refractivity contribution is -0.119. The molecule has 8 heteroatoms. The Balaban J connectivity index is 1.91. The van der Waals surface area contributed by atoms with Gasteiger partial charge in [-0.05, 0) is 43.3 Å². The van der Waals surface area contributed by atoms with Crippen molar-refractivity contribution in [2.75, 3.05) is 11.9 Å². The molecule has 2 rings (SSSR count). The Morgan fingerprint density at radius 3 is 2.35 bits per heavy atom. The number of alkyl halides is 2. The molecule has 136 valence electrons. The van der Waals surface area contributed by atoms with Crippen LogP contribution in [0.1, 0.15) is 27.6 Å². The van der Waals surface area contributed by atoms with Crippen molar-refractivity contribution in [1.29, 1.82) is 0 Å². The normalized spacial score (nSPS) is 10.5. The third kappa shape index (κ3) is 5.66. The topological polar surface area (TPSA) is 72.5 Å². The fourth-order valence-corrected chi connectivity index (χ4v) is 2.57. The zero-order chi connectivity index (χ0) is 19.1. The van der Waals surface area contributed by atoms with Crippen LogP contribution in [0.3, 0.4) is 0 Å². The highest BCUT2D eigenvalue weighted by Crippen LogP contribution is 2.25. The van der Waals surface area contributed by atoms with Crippen molar-refractivity contribution in [3.05, 3.63) is 59.7 Å². The number of amides is 1. The van der Waals surface area contributed by atoms with E-state index in [4.69, 9.17) is 4.74 Å². The molecule has 0 bridgehead atoms. The van der Waals surface area contributed by atoms with Crippen LogP contribution in [-0.2, 0) is 9.53 Å². The summed E-state index contributed by atoms with van der Waals surface area (Å²) < 4.78 is 29.4. The zero-order valence-corrected chi connectivity index (χ0v) is 14.5. The molecule has 0 atom stereocenters. The van der Waals surface area contributed by atoms with Gasteiger partial charge in [0.05, 0.1) is 11.3 Å². The Morgan fingerprint density at radius 1 is 1.08 bits per heavy atom. The van der Waals surface area contributed by atoms with Crippen molar-refractivity contribution in [2.45, 2.75) is 17.6 Å². The van der Waals surface area contributed by atoms with E-state index in [-0.39, 0.29) is 11.3 Å². The average Bonchev–Trinajstić information content (AvgIpc) is 2.60. The lowest BCUT2D eigenvalue weighted by Gasteiger charge is -2.09. The largest absolute Gasteiger partial charge is 0.452 e. The van der Waals surface area contributed by atoms with E-state index in [1.165, 1.54) is 31.2 Å². The Bertz CT molecular complexity index is 809. The summed E-state index contributed by atoms with van der Waals surface area (Å²) >= 11 is 0.365. The molecular weight excluding hydrogens is 364 g/mol. The first-order valence-electron chi connectivity index (χ1n) is 7.48. The molecule has 1 N–H and O–H groups in total. The van der Waals surface area contributed by atoms with Crippen molar-refractivity contribution >= 4 is 35.1 Å². The first-order valence-corrected chi connectivity index (χ1v) is 8.36. The molecular formula is C18H15F2NO4S. The summed E-state index contributed by atoms with van der Waals surface area (Å²) in [5.74, 6) is -4.11. The maximum Gasteiger partial charge on any atom is 0.338 e. The van der Waals surface area contributed by atoms with E-state index in [9.17, 15) is 23.2 Å². The first kappa shape index (κ1) is 19.6. The summed E-state index contributed by atoms with van der Waals surface area (Å²) in [4.78, 5) is 35.6. The molecule has 2 aromatic carbocycles. The van der Waals surface area contributed by atoms with Gasteiger partial charge in [0.2, 0.25) is 0 Å². The standard InChI is InChI=1S/C18H15F2NO4S/c1-11(22)14-4-2-3-5-15(14)21-16(23)10-25-17(24)12-6-8-13(9-7-12)26-18(19)20/h2-9,18H,10H2,1H3,(H,21,23). The fraction of sp³-hybridized carbons (Fsp3) is 0.167. The van der Waals surface area contributed by atoms with Crippen LogP contribution in [0.25, 0.3) is 0 Å². The smallest absolute Gasteiger partial charge is 0.338 e. The first-order chi connectivity index (χ1) is 12.4. The number of esters is 1. The van der Waals surface area contributed by atoms with Crippen LogP contribution >= 0.6 is 11.8 Å². The van der Waals surface area contributed by atoms with E-state index in [0.717, 1.165) is 0 Å². The molecule has 0 saturated heterocycles. The lowest BCUT2D eigenvalue weighted by atomic mass is 10.1. The number of Topliss-reactive ketones (excluding diaryl/α,β-unsaturated/α-hetero) is 1. The van der Waals surface area contributed by atoms with Gasteiger partial charge in [-0.25, -0.2) is 4.79 Å². The third-order valence-corrected chi connectivity index (χ3v) is 3.95. The highest BCUT2D eigenvalue weighted by atomic mass is 32.2. The lowest BCUT2D eigenvalue weighted by Crippen LogP contribution is -2.22. The van der Waals surface area contributed by atoms with Gasteiger partial charge in [0.1, 0.15) is 0 Å². The fourth-order valence-electron chi connectivity index (χ4n) is 2.07. The molecule has 0 aliphatic heterocycles. The summed E-state index contributed by atoms with van der Waals surface area (Å²) in [6.07, 6.45) is 0. The second kappa shape index (κ2) is 9.10. The molecule has 0 fully saturated rings. The number of ether oxygens (including phenoxy) is 1. The number of halogens is 2. The number of carbonyl (C=O) groups is 3. The second-order valence-electron chi connectivity index (χ2n) is 5.13. The van der Waals surface area contributed by atoms with Crippen molar-refractivity contribution in [1.82, 2.24) is 0 Å². The number of hydrogen-bond donors (Lipinski definition) is 1. The van der Waals surface area contributed by atoms with Crippen LogP contribution in [0.5, 0.6) is 0 Å². The molecule has 0 radical (unpaired) electrons. The van der Waals surface area contributed by atoms with Crippen LogP contribution in [-0.4, -0.2) is 30.0 Å². The number of para-hydroxylation sites is 1. The van der Waals surface area contributed by atoms with Crippen LogP contribution in [0, 0.1) is 0 Å². The van der Waals surface area contributed by atoms with E-state index in [1.54, 1.807) is 24.3 Å². The van der Waals surface area contributed by atoms with E-state index < -0.39 is 24.2 Å². The summed E-state index contributed by atoms with van der Waals surface area (Å²) in [6.45, 7) is 0.833. The van der Waals surface area contributed by atoms with Gasteiger partial charge in [0.25, 0.3) is 11.7 Å². The Labute approximate surface area is 152 Å². The van der Waals surface area contributed by atoms with Crippen LogP contribution in [0.2, 0.25) is 0 Å². The van der Waals surface area contributed by atoms with Gasteiger partial charge >= 0.3 is 5.97 Å². The Kier molecular flexibility index (Phi) is 6.85. The molecule has 0 unspecified atom stereocenters. The van der Waals surface area contributed by atoms with Crippen molar-refractivity contribution in [3.8, 4) is 0 Å². The highest BCUT2D eigenvalue weighted by molar-refractivity contribution is 7.99. The predicted octanol–water partition coefficient (Wildman–Crippen LogP) is 4.00. The summed E-state index contributed by atoms with van der Waals surface area (Å²) in [5.41, 5.74) is 0.814. The van der Waals surface area contributed by atoms with Gasteiger partial charge in [-0.15, -0.1) is 0 Å². The number of hydrogen-bond acceptors (Lipinski definition) is 5. The maximum atomic E-state index is 12.3. The summed E-state index contributed by atoms with van der Waals surface area (Å²) in [5, 5.41) is 2.51. The Hall–Kier alpha value is -2.74. The molecule has 1 amide bonds. The van der Waals surface area contributed by atoms with Crippen LogP contribution < -0.4 is 5.32 Å². The molecule has 5 nitrogen and oxygen atoms in total. The monoisotopic (exact) mass is 379 g/mol. The number of benzene rings is 2.